The van der Waals surface area contributed by atoms with Gasteiger partial charge in [-0.2, -0.15) is 0 Å². The first-order chi connectivity index (χ1) is 4.77. The molecule has 2 fully saturated rings. The van der Waals surface area contributed by atoms with Gasteiger partial charge in [0.05, 0.1) is 11.8 Å². The lowest BCUT2D eigenvalue weighted by molar-refractivity contribution is -0.168. The van der Waals surface area contributed by atoms with Crippen LogP contribution in [0.4, 0.5) is 0 Å². The summed E-state index contributed by atoms with van der Waals surface area (Å²) >= 11 is 0. The first kappa shape index (κ1) is 5.89. The summed E-state index contributed by atoms with van der Waals surface area (Å²) in [5.74, 6) is -0.553. The van der Waals surface area contributed by atoms with E-state index in [9.17, 15) is 9.59 Å². The van der Waals surface area contributed by atoms with Crippen molar-refractivity contribution in [3.05, 3.63) is 0 Å². The van der Waals surface area contributed by atoms with Crippen LogP contribution >= 0.6 is 0 Å². The standard InChI is InChI=1S/C7H8O3/c8-6-4-1-2-5(3-4)7(9)10-6/h4-5H,1-3H2/t4-,5-/m0/s1. The second-order valence-corrected chi connectivity index (χ2v) is 2.95. The van der Waals surface area contributed by atoms with E-state index in [4.69, 9.17) is 0 Å². The van der Waals surface area contributed by atoms with E-state index in [0.717, 1.165) is 19.3 Å². The molecule has 2 aliphatic rings. The van der Waals surface area contributed by atoms with Gasteiger partial charge in [-0.3, -0.25) is 9.59 Å². The van der Waals surface area contributed by atoms with Crippen LogP contribution in [-0.2, 0) is 14.3 Å². The quantitative estimate of drug-likeness (QED) is 0.363. The van der Waals surface area contributed by atoms with Gasteiger partial charge in [-0.1, -0.05) is 0 Å². The van der Waals surface area contributed by atoms with Gasteiger partial charge in [-0.05, 0) is 19.3 Å². The van der Waals surface area contributed by atoms with Crippen LogP contribution in [0, 0.1) is 11.8 Å². The van der Waals surface area contributed by atoms with Crippen molar-refractivity contribution in [1.29, 1.82) is 0 Å². The minimum absolute atomic E-state index is 0.0303. The summed E-state index contributed by atoms with van der Waals surface area (Å²) in [6.07, 6.45) is 2.42. The molecule has 0 aromatic carbocycles. The second kappa shape index (κ2) is 1.81. The fraction of sp³-hybridized carbons (Fsp3) is 0.714. The third kappa shape index (κ3) is 0.664. The molecule has 1 aliphatic heterocycles. The first-order valence-corrected chi connectivity index (χ1v) is 3.53. The highest BCUT2D eigenvalue weighted by Gasteiger charge is 2.41. The number of ether oxygens (including phenoxy) is 1. The summed E-state index contributed by atoms with van der Waals surface area (Å²) in [6.45, 7) is 0. The monoisotopic (exact) mass is 140 g/mol. The van der Waals surface area contributed by atoms with E-state index in [0.29, 0.717) is 0 Å². The molecule has 0 N–H and O–H groups in total. The number of rotatable bonds is 0. The Kier molecular flexibility index (Phi) is 1.07. The van der Waals surface area contributed by atoms with Crippen molar-refractivity contribution in [3.8, 4) is 0 Å². The summed E-state index contributed by atoms with van der Waals surface area (Å²) in [5.41, 5.74) is 0. The highest BCUT2D eigenvalue weighted by Crippen LogP contribution is 2.36. The smallest absolute Gasteiger partial charge is 0.316 e. The zero-order valence-corrected chi connectivity index (χ0v) is 5.50. The normalized spacial score (nSPS) is 38.0. The fourth-order valence-corrected chi connectivity index (χ4v) is 1.68. The Labute approximate surface area is 58.4 Å². The van der Waals surface area contributed by atoms with Crippen molar-refractivity contribution in [2.75, 3.05) is 0 Å². The van der Waals surface area contributed by atoms with Crippen LogP contribution < -0.4 is 0 Å². The van der Waals surface area contributed by atoms with Crippen molar-refractivity contribution >= 4 is 11.9 Å². The highest BCUT2D eigenvalue weighted by molar-refractivity contribution is 5.91. The molecule has 54 valence electrons. The van der Waals surface area contributed by atoms with Gasteiger partial charge in [0.1, 0.15) is 0 Å². The van der Waals surface area contributed by atoms with Gasteiger partial charge in [0.25, 0.3) is 0 Å². The van der Waals surface area contributed by atoms with Gasteiger partial charge in [0, 0.05) is 0 Å². The highest BCUT2D eigenvalue weighted by atomic mass is 16.6. The molecule has 0 amide bonds. The van der Waals surface area contributed by atoms with Crippen LogP contribution in [0.25, 0.3) is 0 Å². The molecule has 0 radical (unpaired) electrons. The van der Waals surface area contributed by atoms with E-state index < -0.39 is 0 Å². The molecule has 3 nitrogen and oxygen atoms in total. The van der Waals surface area contributed by atoms with E-state index in [-0.39, 0.29) is 23.8 Å². The average Bonchev–Trinajstić information content (AvgIpc) is 2.28. The maximum atomic E-state index is 10.8. The molecule has 1 saturated carbocycles. The van der Waals surface area contributed by atoms with Crippen molar-refractivity contribution in [3.63, 3.8) is 0 Å². The Balaban J connectivity index is 2.24. The van der Waals surface area contributed by atoms with Crippen molar-refractivity contribution in [2.45, 2.75) is 19.3 Å². The van der Waals surface area contributed by atoms with Gasteiger partial charge in [-0.25, -0.2) is 0 Å². The topological polar surface area (TPSA) is 43.4 Å². The lowest BCUT2D eigenvalue weighted by atomic mass is 10.0. The number of fused-ring (bicyclic) bond motifs is 2. The number of cyclic esters (lactones) is 2. The summed E-state index contributed by atoms with van der Waals surface area (Å²) < 4.78 is 4.50. The summed E-state index contributed by atoms with van der Waals surface area (Å²) in [6, 6.07) is 0. The first-order valence-electron chi connectivity index (χ1n) is 3.53. The largest absolute Gasteiger partial charge is 0.393 e. The van der Waals surface area contributed by atoms with Crippen LogP contribution in [0.5, 0.6) is 0 Å². The third-order valence-corrected chi connectivity index (χ3v) is 2.30. The minimum atomic E-state index is -0.307. The molecular formula is C7H8O3. The van der Waals surface area contributed by atoms with Gasteiger partial charge in [0.2, 0.25) is 0 Å². The molecule has 2 bridgehead atoms. The Bertz CT molecular complexity index is 177. The predicted octanol–water partition coefficient (Wildman–Crippen LogP) is 0.486. The van der Waals surface area contributed by atoms with Crippen LogP contribution in [0.3, 0.4) is 0 Å². The summed E-state index contributed by atoms with van der Waals surface area (Å²) in [7, 11) is 0. The van der Waals surface area contributed by atoms with Gasteiger partial charge in [-0.15, -0.1) is 0 Å². The molecule has 10 heavy (non-hydrogen) atoms. The van der Waals surface area contributed by atoms with Crippen LogP contribution in [-0.4, -0.2) is 11.9 Å². The molecule has 1 saturated heterocycles. The van der Waals surface area contributed by atoms with Crippen molar-refractivity contribution in [2.24, 2.45) is 11.8 Å². The van der Waals surface area contributed by atoms with Crippen LogP contribution in [0.2, 0.25) is 0 Å². The Morgan fingerprint density at radius 1 is 1.10 bits per heavy atom. The maximum absolute atomic E-state index is 10.8. The lowest BCUT2D eigenvalue weighted by Crippen LogP contribution is -2.28. The molecule has 0 unspecified atom stereocenters. The fourth-order valence-electron chi connectivity index (χ4n) is 1.68. The van der Waals surface area contributed by atoms with Crippen molar-refractivity contribution in [1.82, 2.24) is 0 Å². The molecule has 1 aliphatic carbocycles. The van der Waals surface area contributed by atoms with Gasteiger partial charge in [0.15, 0.2) is 0 Å². The molecule has 2 rings (SSSR count). The molecule has 3 heteroatoms. The Morgan fingerprint density at radius 3 is 2.10 bits per heavy atom. The molecule has 0 aromatic rings. The number of esters is 2. The van der Waals surface area contributed by atoms with Crippen molar-refractivity contribution < 1.29 is 14.3 Å². The molecule has 0 aromatic heterocycles. The maximum Gasteiger partial charge on any atom is 0.316 e. The Hall–Kier alpha value is -0.860. The summed E-state index contributed by atoms with van der Waals surface area (Å²) in [4.78, 5) is 21.6. The van der Waals surface area contributed by atoms with E-state index in [1.165, 1.54) is 0 Å². The minimum Gasteiger partial charge on any atom is -0.393 e. The molecule has 1 heterocycles. The molecular weight excluding hydrogens is 132 g/mol. The summed E-state index contributed by atoms with van der Waals surface area (Å²) in [5, 5.41) is 0. The zero-order chi connectivity index (χ0) is 7.14. The van der Waals surface area contributed by atoms with Gasteiger partial charge < -0.3 is 4.74 Å². The number of carbonyl (C=O) groups excluding carboxylic acids is 2. The average molecular weight is 140 g/mol. The van der Waals surface area contributed by atoms with Crippen LogP contribution in [0.1, 0.15) is 19.3 Å². The third-order valence-electron chi connectivity index (χ3n) is 2.30. The van der Waals surface area contributed by atoms with Gasteiger partial charge >= 0.3 is 11.9 Å². The number of hydrogen-bond donors (Lipinski definition) is 0. The van der Waals surface area contributed by atoms with Crippen LogP contribution in [0.15, 0.2) is 0 Å². The van der Waals surface area contributed by atoms with E-state index in [1.807, 2.05) is 0 Å². The van der Waals surface area contributed by atoms with E-state index >= 15 is 0 Å². The lowest BCUT2D eigenvalue weighted by Gasteiger charge is -2.15. The zero-order valence-electron chi connectivity index (χ0n) is 5.50. The Morgan fingerprint density at radius 2 is 1.60 bits per heavy atom. The SMILES string of the molecule is O=C1OC(=O)[C@H]2CC[C@H]1C2. The second-order valence-electron chi connectivity index (χ2n) is 2.95. The van der Waals surface area contributed by atoms with E-state index in [2.05, 4.69) is 4.74 Å². The molecule has 2 atom stereocenters. The van der Waals surface area contributed by atoms with E-state index in [1.54, 1.807) is 0 Å². The number of carbonyl (C=O) groups is 2. The molecule has 0 spiro atoms. The predicted molar refractivity (Wildman–Crippen MR) is 31.9 cm³/mol. The number of hydrogen-bond acceptors (Lipinski definition) is 3.